The molecule has 0 bridgehead atoms. The monoisotopic (exact) mass is 419 g/mol. The lowest BCUT2D eigenvalue weighted by molar-refractivity contribution is 0.245. The van der Waals surface area contributed by atoms with Gasteiger partial charge in [-0.3, -0.25) is 4.90 Å². The van der Waals surface area contributed by atoms with E-state index in [9.17, 15) is 8.42 Å². The fourth-order valence-corrected chi connectivity index (χ4v) is 3.26. The van der Waals surface area contributed by atoms with Gasteiger partial charge in [-0.15, -0.1) is 24.8 Å². The molecule has 0 amide bonds. The van der Waals surface area contributed by atoms with Crippen LogP contribution in [0.15, 0.2) is 33.6 Å². The fourth-order valence-electron chi connectivity index (χ4n) is 1.97. The van der Waals surface area contributed by atoms with Crippen LogP contribution in [0.25, 0.3) is 0 Å². The zero-order valence-corrected chi connectivity index (χ0v) is 15.5. The molecule has 0 radical (unpaired) electrons. The third-order valence-corrected chi connectivity index (χ3v) is 5.06. The SMILES string of the molecule is Cl.Cl.O=S(=O)(NCCN1CCNCC1)c1ccc(Br)cc1. The highest BCUT2D eigenvalue weighted by atomic mass is 79.9. The first-order chi connectivity index (χ1) is 9.08. The van der Waals surface area contributed by atoms with E-state index in [1.807, 2.05) is 0 Å². The minimum Gasteiger partial charge on any atom is -0.314 e. The minimum absolute atomic E-state index is 0. The van der Waals surface area contributed by atoms with Crippen LogP contribution in [-0.2, 0) is 10.0 Å². The molecule has 1 aliphatic rings. The molecule has 0 aromatic heterocycles. The third-order valence-electron chi connectivity index (χ3n) is 3.05. The molecule has 122 valence electrons. The Morgan fingerprint density at radius 1 is 1.14 bits per heavy atom. The number of piperazine rings is 1. The highest BCUT2D eigenvalue weighted by molar-refractivity contribution is 9.10. The van der Waals surface area contributed by atoms with E-state index in [1.54, 1.807) is 24.3 Å². The summed E-state index contributed by atoms with van der Waals surface area (Å²) in [5.41, 5.74) is 0. The molecule has 2 N–H and O–H groups in total. The summed E-state index contributed by atoms with van der Waals surface area (Å²) in [6.07, 6.45) is 0. The van der Waals surface area contributed by atoms with Crippen molar-refractivity contribution >= 4 is 50.8 Å². The van der Waals surface area contributed by atoms with E-state index < -0.39 is 10.0 Å². The number of hydrogen-bond acceptors (Lipinski definition) is 4. The Labute approximate surface area is 146 Å². The summed E-state index contributed by atoms with van der Waals surface area (Å²) in [5, 5.41) is 3.27. The van der Waals surface area contributed by atoms with Gasteiger partial charge in [0.25, 0.3) is 0 Å². The number of nitrogens with zero attached hydrogens (tertiary/aromatic N) is 1. The molecule has 0 aliphatic carbocycles. The van der Waals surface area contributed by atoms with Crippen molar-refractivity contribution in [2.24, 2.45) is 0 Å². The van der Waals surface area contributed by atoms with Gasteiger partial charge in [0.1, 0.15) is 0 Å². The van der Waals surface area contributed by atoms with Crippen LogP contribution in [0, 0.1) is 0 Å². The van der Waals surface area contributed by atoms with E-state index in [2.05, 4.69) is 30.9 Å². The van der Waals surface area contributed by atoms with Gasteiger partial charge in [0.05, 0.1) is 4.90 Å². The quantitative estimate of drug-likeness (QED) is 0.757. The topological polar surface area (TPSA) is 61.4 Å². The van der Waals surface area contributed by atoms with Crippen LogP contribution >= 0.6 is 40.7 Å². The molecule has 1 aliphatic heterocycles. The lowest BCUT2D eigenvalue weighted by Crippen LogP contribution is -2.46. The van der Waals surface area contributed by atoms with Gasteiger partial charge in [-0.1, -0.05) is 15.9 Å². The first kappa shape index (κ1) is 21.1. The fraction of sp³-hybridized carbons (Fsp3) is 0.500. The summed E-state index contributed by atoms with van der Waals surface area (Å²) in [6, 6.07) is 6.64. The van der Waals surface area contributed by atoms with E-state index >= 15 is 0 Å². The van der Waals surface area contributed by atoms with Crippen molar-refractivity contribution < 1.29 is 8.42 Å². The summed E-state index contributed by atoms with van der Waals surface area (Å²) in [6.45, 7) is 5.08. The molecule has 1 aromatic carbocycles. The maximum Gasteiger partial charge on any atom is 0.240 e. The van der Waals surface area contributed by atoms with Crippen molar-refractivity contribution in [3.8, 4) is 0 Å². The van der Waals surface area contributed by atoms with Crippen molar-refractivity contribution in [1.29, 1.82) is 0 Å². The number of benzene rings is 1. The minimum atomic E-state index is -3.39. The summed E-state index contributed by atoms with van der Waals surface area (Å²) < 4.78 is 27.6. The Kier molecular flexibility index (Phi) is 10.0. The van der Waals surface area contributed by atoms with Gasteiger partial charge in [-0.2, -0.15) is 0 Å². The van der Waals surface area contributed by atoms with Crippen LogP contribution in [0.2, 0.25) is 0 Å². The number of hydrogen-bond donors (Lipinski definition) is 2. The first-order valence-electron chi connectivity index (χ1n) is 6.26. The maximum atomic E-state index is 12.0. The standard InChI is InChI=1S/C12H18BrN3O2S.2ClH/c13-11-1-3-12(4-2-11)19(17,18)15-7-10-16-8-5-14-6-9-16;;/h1-4,14-15H,5-10H2;2*1H. The molecule has 2 rings (SSSR count). The normalized spacial score (nSPS) is 15.9. The summed E-state index contributed by atoms with van der Waals surface area (Å²) >= 11 is 3.29. The Morgan fingerprint density at radius 2 is 1.71 bits per heavy atom. The van der Waals surface area contributed by atoms with Crippen molar-refractivity contribution in [3.63, 3.8) is 0 Å². The summed E-state index contributed by atoms with van der Waals surface area (Å²) in [7, 11) is -3.39. The highest BCUT2D eigenvalue weighted by Crippen LogP contribution is 2.14. The molecule has 0 saturated carbocycles. The smallest absolute Gasteiger partial charge is 0.240 e. The Bertz CT molecular complexity index is 508. The molecular weight excluding hydrogens is 401 g/mol. The molecule has 9 heteroatoms. The van der Waals surface area contributed by atoms with Gasteiger partial charge >= 0.3 is 0 Å². The molecule has 0 unspecified atom stereocenters. The van der Waals surface area contributed by atoms with Gasteiger partial charge in [-0.05, 0) is 24.3 Å². The number of halogens is 3. The van der Waals surface area contributed by atoms with Gasteiger partial charge in [0, 0.05) is 43.7 Å². The van der Waals surface area contributed by atoms with Crippen LogP contribution in [-0.4, -0.2) is 52.6 Å². The molecular formula is C12H20BrCl2N3O2S. The lowest BCUT2D eigenvalue weighted by Gasteiger charge is -2.27. The lowest BCUT2D eigenvalue weighted by atomic mass is 10.3. The zero-order valence-electron chi connectivity index (χ0n) is 11.4. The second-order valence-electron chi connectivity index (χ2n) is 4.44. The van der Waals surface area contributed by atoms with E-state index in [0.29, 0.717) is 11.4 Å². The van der Waals surface area contributed by atoms with E-state index in [4.69, 9.17) is 0 Å². The third kappa shape index (κ3) is 6.81. The van der Waals surface area contributed by atoms with E-state index in [1.165, 1.54) is 0 Å². The number of nitrogens with one attached hydrogen (secondary N) is 2. The molecule has 1 saturated heterocycles. The van der Waals surface area contributed by atoms with Crippen LogP contribution in [0.3, 0.4) is 0 Å². The second-order valence-corrected chi connectivity index (χ2v) is 7.13. The molecule has 1 fully saturated rings. The predicted molar refractivity (Wildman–Crippen MR) is 93.1 cm³/mol. The number of rotatable bonds is 5. The van der Waals surface area contributed by atoms with E-state index in [0.717, 1.165) is 37.2 Å². The van der Waals surface area contributed by atoms with Gasteiger partial charge in [0.15, 0.2) is 0 Å². The predicted octanol–water partition coefficient (Wildman–Crippen LogP) is 1.48. The van der Waals surface area contributed by atoms with Gasteiger partial charge < -0.3 is 5.32 Å². The van der Waals surface area contributed by atoms with Crippen LogP contribution < -0.4 is 10.0 Å². The van der Waals surface area contributed by atoms with Crippen LogP contribution in [0.1, 0.15) is 0 Å². The average Bonchev–Trinajstić information content (AvgIpc) is 2.40. The summed E-state index contributed by atoms with van der Waals surface area (Å²) in [5.74, 6) is 0. The Morgan fingerprint density at radius 3 is 2.29 bits per heavy atom. The molecule has 0 spiro atoms. The molecule has 21 heavy (non-hydrogen) atoms. The molecule has 5 nitrogen and oxygen atoms in total. The second kappa shape index (κ2) is 9.99. The largest absolute Gasteiger partial charge is 0.314 e. The van der Waals surface area contributed by atoms with E-state index in [-0.39, 0.29) is 24.8 Å². The molecule has 1 heterocycles. The Hall–Kier alpha value is 0.110. The van der Waals surface area contributed by atoms with Gasteiger partial charge in [-0.25, -0.2) is 13.1 Å². The molecule has 1 aromatic rings. The average molecular weight is 421 g/mol. The molecule has 0 atom stereocenters. The van der Waals surface area contributed by atoms with Gasteiger partial charge in [0.2, 0.25) is 10.0 Å². The number of sulfonamides is 1. The maximum absolute atomic E-state index is 12.0. The van der Waals surface area contributed by atoms with Crippen molar-refractivity contribution in [2.45, 2.75) is 4.90 Å². The van der Waals surface area contributed by atoms with Crippen molar-refractivity contribution in [1.82, 2.24) is 14.9 Å². The zero-order chi connectivity index (χ0) is 13.7. The summed E-state index contributed by atoms with van der Waals surface area (Å²) in [4.78, 5) is 2.55. The van der Waals surface area contributed by atoms with Crippen molar-refractivity contribution in [3.05, 3.63) is 28.7 Å². The Balaban J connectivity index is 0.00000200. The highest BCUT2D eigenvalue weighted by Gasteiger charge is 2.14. The van der Waals surface area contributed by atoms with Crippen molar-refractivity contribution in [2.75, 3.05) is 39.3 Å². The first-order valence-corrected chi connectivity index (χ1v) is 8.54. The van der Waals surface area contributed by atoms with Crippen LogP contribution in [0.5, 0.6) is 0 Å². The van der Waals surface area contributed by atoms with Crippen LogP contribution in [0.4, 0.5) is 0 Å².